The van der Waals surface area contributed by atoms with Crippen LogP contribution in [0.4, 0.5) is 0 Å². The third-order valence-corrected chi connectivity index (χ3v) is 8.29. The van der Waals surface area contributed by atoms with E-state index >= 15 is 0 Å². The third kappa shape index (κ3) is 8.04. The van der Waals surface area contributed by atoms with Crippen molar-refractivity contribution in [2.45, 2.75) is 88.9 Å². The summed E-state index contributed by atoms with van der Waals surface area (Å²) in [6.07, 6.45) is 6.59. The molecule has 3 amide bonds. The maximum absolute atomic E-state index is 13.7. The Hall–Kier alpha value is -2.98. The minimum atomic E-state index is -0.954. The minimum absolute atomic E-state index is 0.127. The molecule has 3 aliphatic rings. The number of benzene rings is 1. The van der Waals surface area contributed by atoms with Gasteiger partial charge in [-0.25, -0.2) is 0 Å². The van der Waals surface area contributed by atoms with Crippen LogP contribution in [0.2, 0.25) is 0 Å². The zero-order valence-electron chi connectivity index (χ0n) is 23.8. The van der Waals surface area contributed by atoms with Gasteiger partial charge in [-0.2, -0.15) is 0 Å². The number of hydrogen-bond acceptors (Lipinski definition) is 7. The number of epoxide rings is 1. The van der Waals surface area contributed by atoms with Gasteiger partial charge >= 0.3 is 0 Å². The summed E-state index contributed by atoms with van der Waals surface area (Å²) < 4.78 is 16.0. The van der Waals surface area contributed by atoms with Crippen LogP contribution in [0, 0.1) is 11.8 Å². The monoisotopic (exact) mass is 557 g/mol. The Kier molecular flexibility index (Phi) is 10.2. The first-order valence-corrected chi connectivity index (χ1v) is 14.5. The first-order chi connectivity index (χ1) is 19.2. The second-order valence-electron chi connectivity index (χ2n) is 11.6. The quantitative estimate of drug-likeness (QED) is 0.316. The van der Waals surface area contributed by atoms with E-state index in [9.17, 15) is 19.2 Å². The van der Waals surface area contributed by atoms with Crippen LogP contribution in [0.1, 0.15) is 64.4 Å². The van der Waals surface area contributed by atoms with Crippen molar-refractivity contribution in [1.29, 1.82) is 0 Å². The zero-order valence-corrected chi connectivity index (χ0v) is 23.8. The van der Waals surface area contributed by atoms with Gasteiger partial charge in [-0.1, -0.05) is 37.8 Å². The summed E-state index contributed by atoms with van der Waals surface area (Å²) in [5, 5.41) is 8.54. The SMILES string of the molecule is COc1ccc(C[C@H](NC(=O)[C@@H](C)NC(=O)[C@H]2CCCOC2)C(=O)N[C@@H](CC2CCCC2)C(=O)[C@@]2(C)CO2)cc1. The Bertz CT molecular complexity index is 1040. The van der Waals surface area contributed by atoms with E-state index < -0.39 is 35.5 Å². The number of Topliss-reactive ketones (excluding diaryl/α,β-unsaturated/α-hetero) is 1. The Morgan fingerprint density at radius 1 is 0.975 bits per heavy atom. The first kappa shape index (κ1) is 30.0. The predicted molar refractivity (Wildman–Crippen MR) is 148 cm³/mol. The van der Waals surface area contributed by atoms with Gasteiger partial charge in [-0.3, -0.25) is 19.2 Å². The highest BCUT2D eigenvalue weighted by Crippen LogP contribution is 2.33. The van der Waals surface area contributed by atoms with Crippen LogP contribution in [-0.2, 0) is 35.1 Å². The van der Waals surface area contributed by atoms with E-state index in [4.69, 9.17) is 14.2 Å². The van der Waals surface area contributed by atoms with Crippen molar-refractivity contribution < 1.29 is 33.4 Å². The average Bonchev–Trinajstić information content (AvgIpc) is 3.50. The van der Waals surface area contributed by atoms with Crippen molar-refractivity contribution in [2.24, 2.45) is 11.8 Å². The fourth-order valence-corrected chi connectivity index (χ4v) is 5.55. The molecule has 3 N–H and O–H groups in total. The molecule has 0 spiro atoms. The number of carbonyl (C=O) groups excluding carboxylic acids is 4. The molecule has 0 radical (unpaired) electrons. The molecule has 220 valence electrons. The normalized spacial score (nSPS) is 24.8. The van der Waals surface area contributed by atoms with E-state index in [-0.39, 0.29) is 24.0 Å². The fraction of sp³-hybridized carbons (Fsp3) is 0.667. The van der Waals surface area contributed by atoms with Gasteiger partial charge in [0.2, 0.25) is 17.7 Å². The average molecular weight is 558 g/mol. The third-order valence-electron chi connectivity index (χ3n) is 8.29. The molecule has 1 saturated carbocycles. The number of methoxy groups -OCH3 is 1. The summed E-state index contributed by atoms with van der Waals surface area (Å²) in [6, 6.07) is 4.75. The van der Waals surface area contributed by atoms with Gasteiger partial charge in [-0.05, 0) is 56.7 Å². The van der Waals surface area contributed by atoms with Crippen molar-refractivity contribution in [3.05, 3.63) is 29.8 Å². The molecule has 2 aliphatic heterocycles. The van der Waals surface area contributed by atoms with Crippen molar-refractivity contribution >= 4 is 23.5 Å². The summed E-state index contributed by atoms with van der Waals surface area (Å²) >= 11 is 0. The molecule has 1 aliphatic carbocycles. The summed E-state index contributed by atoms with van der Waals surface area (Å²) in [5.41, 5.74) is -0.0548. The molecule has 5 atom stereocenters. The van der Waals surface area contributed by atoms with Gasteiger partial charge in [0.25, 0.3) is 0 Å². The van der Waals surface area contributed by atoms with E-state index in [1.54, 1.807) is 33.1 Å². The number of ketones is 1. The van der Waals surface area contributed by atoms with Gasteiger partial charge in [0.15, 0.2) is 5.78 Å². The van der Waals surface area contributed by atoms with Crippen LogP contribution in [0.5, 0.6) is 5.75 Å². The number of nitrogens with one attached hydrogen (secondary N) is 3. The summed E-state index contributed by atoms with van der Waals surface area (Å²) in [4.78, 5) is 52.8. The molecule has 10 nitrogen and oxygen atoms in total. The van der Waals surface area contributed by atoms with Crippen molar-refractivity contribution in [2.75, 3.05) is 26.9 Å². The number of hydrogen-bond donors (Lipinski definition) is 3. The van der Waals surface area contributed by atoms with E-state index in [2.05, 4.69) is 16.0 Å². The van der Waals surface area contributed by atoms with Crippen LogP contribution in [0.15, 0.2) is 24.3 Å². The Balaban J connectivity index is 1.46. The van der Waals surface area contributed by atoms with Gasteiger partial charge in [0.05, 0.1) is 32.3 Å². The van der Waals surface area contributed by atoms with Gasteiger partial charge in [0, 0.05) is 13.0 Å². The maximum atomic E-state index is 13.7. The van der Waals surface area contributed by atoms with Gasteiger partial charge in [0.1, 0.15) is 23.4 Å². The molecule has 40 heavy (non-hydrogen) atoms. The fourth-order valence-electron chi connectivity index (χ4n) is 5.55. The first-order valence-electron chi connectivity index (χ1n) is 14.5. The zero-order chi connectivity index (χ0) is 28.7. The van der Waals surface area contributed by atoms with Crippen LogP contribution < -0.4 is 20.7 Å². The van der Waals surface area contributed by atoms with Crippen LogP contribution in [0.25, 0.3) is 0 Å². The Labute approximate surface area is 236 Å². The molecule has 3 fully saturated rings. The highest BCUT2D eigenvalue weighted by molar-refractivity contribution is 5.98. The van der Waals surface area contributed by atoms with E-state index in [1.165, 1.54) is 0 Å². The molecular weight excluding hydrogens is 514 g/mol. The van der Waals surface area contributed by atoms with Crippen molar-refractivity contribution in [3.63, 3.8) is 0 Å². The minimum Gasteiger partial charge on any atom is -0.497 e. The van der Waals surface area contributed by atoms with E-state index in [0.29, 0.717) is 44.3 Å². The summed E-state index contributed by atoms with van der Waals surface area (Å²) in [5.74, 6) is -0.535. The lowest BCUT2D eigenvalue weighted by molar-refractivity contribution is -0.135. The molecule has 4 rings (SSSR count). The van der Waals surface area contributed by atoms with Crippen LogP contribution >= 0.6 is 0 Å². The summed E-state index contributed by atoms with van der Waals surface area (Å²) in [6.45, 7) is 4.66. The van der Waals surface area contributed by atoms with Gasteiger partial charge in [-0.15, -0.1) is 0 Å². The number of amides is 3. The molecular formula is C30H43N3O7. The van der Waals surface area contributed by atoms with Gasteiger partial charge < -0.3 is 30.2 Å². The Morgan fingerprint density at radius 2 is 1.65 bits per heavy atom. The molecule has 0 bridgehead atoms. The van der Waals surface area contributed by atoms with Crippen LogP contribution in [-0.4, -0.2) is 74.2 Å². The van der Waals surface area contributed by atoms with Crippen LogP contribution in [0.3, 0.4) is 0 Å². The largest absolute Gasteiger partial charge is 0.497 e. The highest BCUT2D eigenvalue weighted by Gasteiger charge is 2.50. The lowest BCUT2D eigenvalue weighted by atomic mass is 9.90. The lowest BCUT2D eigenvalue weighted by Crippen LogP contribution is -2.57. The maximum Gasteiger partial charge on any atom is 0.243 e. The molecule has 2 heterocycles. The van der Waals surface area contributed by atoms with Crippen molar-refractivity contribution in [3.8, 4) is 5.75 Å². The second kappa shape index (κ2) is 13.6. The number of rotatable bonds is 13. The van der Waals surface area contributed by atoms with E-state index in [0.717, 1.165) is 37.7 Å². The van der Waals surface area contributed by atoms with Crippen molar-refractivity contribution in [1.82, 2.24) is 16.0 Å². The van der Waals surface area contributed by atoms with E-state index in [1.807, 2.05) is 12.1 Å². The second-order valence-corrected chi connectivity index (χ2v) is 11.6. The number of carbonyl (C=O) groups is 4. The standard InChI is InChI=1S/C30H43N3O7/c1-19(31-28(36)22-9-6-14-39-17-22)27(35)33-25(16-21-10-12-23(38-3)13-11-21)29(37)32-24(15-20-7-4-5-8-20)26(34)30(2)18-40-30/h10-13,19-20,22,24-25H,4-9,14-18H2,1-3H3,(H,31,36)(H,32,37)(H,33,35)/t19-,22+,24+,25+,30-/m1/s1. The topological polar surface area (TPSA) is 135 Å². The molecule has 2 saturated heterocycles. The molecule has 0 unspecified atom stereocenters. The molecule has 10 heteroatoms. The molecule has 1 aromatic rings. The lowest BCUT2D eigenvalue weighted by Gasteiger charge is -2.27. The Morgan fingerprint density at radius 3 is 2.25 bits per heavy atom. The predicted octanol–water partition coefficient (Wildman–Crippen LogP) is 2.08. The number of ether oxygens (including phenoxy) is 3. The molecule has 0 aromatic heterocycles. The highest BCUT2D eigenvalue weighted by atomic mass is 16.6. The molecule has 1 aromatic carbocycles. The smallest absolute Gasteiger partial charge is 0.243 e. The summed E-state index contributed by atoms with van der Waals surface area (Å²) in [7, 11) is 1.58.